The largest absolute Gasteiger partial charge is 0.394 e. The van der Waals surface area contributed by atoms with Crippen molar-refractivity contribution in [2.45, 2.75) is 31.7 Å². The van der Waals surface area contributed by atoms with Crippen LogP contribution in [0.2, 0.25) is 0 Å². The molecule has 1 aromatic heterocycles. The lowest BCUT2D eigenvalue weighted by atomic mass is 10.1. The maximum atomic E-state index is 11.8. The first-order chi connectivity index (χ1) is 8.93. The van der Waals surface area contributed by atoms with Gasteiger partial charge in [-0.1, -0.05) is 0 Å². The molecule has 0 aliphatic carbocycles. The van der Waals surface area contributed by atoms with Gasteiger partial charge in [-0.05, 0) is 21.0 Å². The normalized spacial score (nSPS) is 27.1. The zero-order valence-corrected chi connectivity index (χ0v) is 11.3. The molecule has 1 aliphatic heterocycles. The Bertz CT molecular complexity index is 563. The maximum absolute atomic E-state index is 11.8. The summed E-state index contributed by atoms with van der Waals surface area (Å²) >= 11 is 0. The Morgan fingerprint density at radius 2 is 2.21 bits per heavy atom. The molecular formula is C12H19N3O4. The summed E-state index contributed by atoms with van der Waals surface area (Å²) in [5.74, 6) is 0. The Hall–Kier alpha value is -1.44. The number of hydrogen-bond donors (Lipinski definition) is 2. The van der Waals surface area contributed by atoms with E-state index in [-0.39, 0.29) is 24.3 Å². The Kier molecular flexibility index (Phi) is 3.88. The van der Waals surface area contributed by atoms with Crippen molar-refractivity contribution >= 4 is 0 Å². The fourth-order valence-corrected chi connectivity index (χ4v) is 2.39. The van der Waals surface area contributed by atoms with E-state index in [4.69, 9.17) is 4.74 Å². The summed E-state index contributed by atoms with van der Waals surface area (Å²) in [6.45, 7) is 1.53. The van der Waals surface area contributed by atoms with E-state index in [1.165, 1.54) is 10.8 Å². The van der Waals surface area contributed by atoms with Crippen LogP contribution >= 0.6 is 0 Å². The summed E-state index contributed by atoms with van der Waals surface area (Å²) in [5.41, 5.74) is -0.420. The van der Waals surface area contributed by atoms with Crippen molar-refractivity contribution in [2.24, 2.45) is 0 Å². The van der Waals surface area contributed by atoms with E-state index in [9.17, 15) is 14.7 Å². The number of ether oxygens (including phenoxy) is 1. The highest BCUT2D eigenvalue weighted by molar-refractivity contribution is 5.02. The van der Waals surface area contributed by atoms with Crippen molar-refractivity contribution in [3.8, 4) is 0 Å². The molecule has 0 bridgehead atoms. The molecule has 2 heterocycles. The molecule has 19 heavy (non-hydrogen) atoms. The lowest BCUT2D eigenvalue weighted by molar-refractivity contribution is -0.0353. The first-order valence-corrected chi connectivity index (χ1v) is 6.19. The predicted molar refractivity (Wildman–Crippen MR) is 69.1 cm³/mol. The van der Waals surface area contributed by atoms with Gasteiger partial charge in [-0.15, -0.1) is 0 Å². The monoisotopic (exact) mass is 269 g/mol. The molecule has 0 saturated carbocycles. The number of aryl methyl sites for hydroxylation is 1. The van der Waals surface area contributed by atoms with Gasteiger partial charge in [-0.2, -0.15) is 0 Å². The van der Waals surface area contributed by atoms with Crippen molar-refractivity contribution in [3.63, 3.8) is 0 Å². The molecule has 1 aliphatic rings. The van der Waals surface area contributed by atoms with Gasteiger partial charge >= 0.3 is 5.69 Å². The summed E-state index contributed by atoms with van der Waals surface area (Å²) in [6.07, 6.45) is 1.29. The molecule has 0 aromatic carbocycles. The molecule has 1 fully saturated rings. The molecular weight excluding hydrogens is 250 g/mol. The summed E-state index contributed by atoms with van der Waals surface area (Å²) in [6, 6.07) is 0.0362. The zero-order chi connectivity index (χ0) is 14.2. The van der Waals surface area contributed by atoms with Gasteiger partial charge in [0.1, 0.15) is 6.23 Å². The highest BCUT2D eigenvalue weighted by Crippen LogP contribution is 2.29. The number of rotatable bonds is 3. The lowest BCUT2D eigenvalue weighted by Crippen LogP contribution is -2.37. The number of hydrogen-bond acceptors (Lipinski definition) is 5. The first kappa shape index (κ1) is 14.0. The Labute approximate surface area is 110 Å². The van der Waals surface area contributed by atoms with Gasteiger partial charge in [0.05, 0.1) is 12.7 Å². The van der Waals surface area contributed by atoms with Crippen molar-refractivity contribution in [1.82, 2.24) is 14.5 Å². The van der Waals surface area contributed by atoms with Crippen LogP contribution in [-0.2, 0) is 4.74 Å². The molecule has 1 aromatic rings. The van der Waals surface area contributed by atoms with E-state index >= 15 is 0 Å². The van der Waals surface area contributed by atoms with Gasteiger partial charge in [-0.3, -0.25) is 14.3 Å². The molecule has 106 valence electrons. The highest BCUT2D eigenvalue weighted by Gasteiger charge is 2.37. The molecule has 7 heteroatoms. The zero-order valence-electron chi connectivity index (χ0n) is 11.3. The Morgan fingerprint density at radius 1 is 1.53 bits per heavy atom. The second-order valence-corrected chi connectivity index (χ2v) is 5.06. The van der Waals surface area contributed by atoms with Crippen LogP contribution in [0.5, 0.6) is 0 Å². The summed E-state index contributed by atoms with van der Waals surface area (Å²) in [4.78, 5) is 27.4. The molecule has 7 nitrogen and oxygen atoms in total. The number of nitrogens with zero attached hydrogens (tertiary/aromatic N) is 2. The molecule has 1 saturated heterocycles. The molecule has 2 N–H and O–H groups in total. The van der Waals surface area contributed by atoms with Gasteiger partial charge in [0.15, 0.2) is 0 Å². The van der Waals surface area contributed by atoms with E-state index in [0.717, 1.165) is 0 Å². The van der Waals surface area contributed by atoms with Gasteiger partial charge in [0.25, 0.3) is 5.56 Å². The van der Waals surface area contributed by atoms with Crippen LogP contribution in [0.15, 0.2) is 15.8 Å². The van der Waals surface area contributed by atoms with E-state index in [1.54, 1.807) is 6.92 Å². The predicted octanol–water partition coefficient (Wildman–Crippen LogP) is -0.945. The SMILES string of the molecule is Cc1cn(C2CC(N(C)C)C(CO)O2)c(=O)[nH]c1=O. The van der Waals surface area contributed by atoms with Crippen LogP contribution < -0.4 is 11.2 Å². The average molecular weight is 269 g/mol. The van der Waals surface area contributed by atoms with E-state index < -0.39 is 11.9 Å². The first-order valence-electron chi connectivity index (χ1n) is 6.19. The third-order valence-corrected chi connectivity index (χ3v) is 3.50. The molecule has 2 rings (SSSR count). The minimum Gasteiger partial charge on any atom is -0.394 e. The van der Waals surface area contributed by atoms with Crippen LogP contribution in [-0.4, -0.2) is 52.4 Å². The maximum Gasteiger partial charge on any atom is 0.330 e. The molecule has 0 spiro atoms. The van der Waals surface area contributed by atoms with Crippen LogP contribution in [0.4, 0.5) is 0 Å². The van der Waals surface area contributed by atoms with E-state index in [1.807, 2.05) is 19.0 Å². The van der Waals surface area contributed by atoms with Crippen LogP contribution in [0.1, 0.15) is 18.2 Å². The van der Waals surface area contributed by atoms with Crippen LogP contribution in [0.25, 0.3) is 0 Å². The third-order valence-electron chi connectivity index (χ3n) is 3.50. The third kappa shape index (κ3) is 2.63. The second-order valence-electron chi connectivity index (χ2n) is 5.06. The minimum atomic E-state index is -0.489. The highest BCUT2D eigenvalue weighted by atomic mass is 16.5. The van der Waals surface area contributed by atoms with Crippen molar-refractivity contribution in [1.29, 1.82) is 0 Å². The molecule has 0 radical (unpaired) electrons. The number of aliphatic hydroxyl groups excluding tert-OH is 1. The number of aromatic nitrogens is 2. The summed E-state index contributed by atoms with van der Waals surface area (Å²) in [7, 11) is 3.81. The molecule has 3 unspecified atom stereocenters. The lowest BCUT2D eigenvalue weighted by Gasteiger charge is -2.22. The van der Waals surface area contributed by atoms with Gasteiger partial charge < -0.3 is 14.7 Å². The second kappa shape index (κ2) is 5.28. The smallest absolute Gasteiger partial charge is 0.330 e. The van der Waals surface area contributed by atoms with E-state index in [0.29, 0.717) is 12.0 Å². The van der Waals surface area contributed by atoms with Crippen molar-refractivity contribution in [2.75, 3.05) is 20.7 Å². The van der Waals surface area contributed by atoms with E-state index in [2.05, 4.69) is 4.98 Å². The van der Waals surface area contributed by atoms with Crippen molar-refractivity contribution in [3.05, 3.63) is 32.6 Å². The van der Waals surface area contributed by atoms with Crippen LogP contribution in [0, 0.1) is 6.92 Å². The van der Waals surface area contributed by atoms with Gasteiger partial charge in [0.2, 0.25) is 0 Å². The minimum absolute atomic E-state index is 0.0362. The van der Waals surface area contributed by atoms with Crippen LogP contribution in [0.3, 0.4) is 0 Å². The van der Waals surface area contributed by atoms with Gasteiger partial charge in [-0.25, -0.2) is 4.79 Å². The number of aliphatic hydroxyl groups is 1. The number of likely N-dealkylation sites (N-methyl/N-ethyl adjacent to an activating group) is 1. The summed E-state index contributed by atoms with van der Waals surface area (Å²) < 4.78 is 7.07. The number of H-pyrrole nitrogens is 1. The Morgan fingerprint density at radius 3 is 2.74 bits per heavy atom. The standard InChI is InChI=1S/C12H19N3O4/c1-7-5-15(12(18)13-11(7)17)10-4-8(14(2)3)9(6-16)19-10/h5,8-10,16H,4,6H2,1-3H3,(H,13,17,18). The van der Waals surface area contributed by atoms with Crippen molar-refractivity contribution < 1.29 is 9.84 Å². The molecule has 3 atom stereocenters. The average Bonchev–Trinajstić information content (AvgIpc) is 2.77. The number of aromatic amines is 1. The quantitative estimate of drug-likeness (QED) is 0.739. The fraction of sp³-hybridized carbons (Fsp3) is 0.667. The fourth-order valence-electron chi connectivity index (χ4n) is 2.39. The number of nitrogens with one attached hydrogen (secondary N) is 1. The Balaban J connectivity index is 2.32. The summed E-state index contributed by atoms with van der Waals surface area (Å²) in [5, 5.41) is 9.32. The topological polar surface area (TPSA) is 87.6 Å². The van der Waals surface area contributed by atoms with Gasteiger partial charge in [0, 0.05) is 24.2 Å². The molecule has 0 amide bonds.